The van der Waals surface area contributed by atoms with Gasteiger partial charge in [-0.15, -0.1) is 0 Å². The number of para-hydroxylation sites is 1. The van der Waals surface area contributed by atoms with Crippen LogP contribution in [0.5, 0.6) is 0 Å². The number of carbonyl (C=O) groups is 1. The molecule has 1 aliphatic heterocycles. The minimum absolute atomic E-state index is 0.0182. The van der Waals surface area contributed by atoms with Gasteiger partial charge in [-0.05, 0) is 55.2 Å². The summed E-state index contributed by atoms with van der Waals surface area (Å²) in [5, 5.41) is 10.8. The lowest BCUT2D eigenvalue weighted by molar-refractivity contribution is -0.384. The van der Waals surface area contributed by atoms with Gasteiger partial charge in [0.05, 0.1) is 15.5 Å². The van der Waals surface area contributed by atoms with Crippen LogP contribution in [0.3, 0.4) is 0 Å². The molecule has 2 aromatic rings. The highest BCUT2D eigenvalue weighted by Crippen LogP contribution is 2.41. The summed E-state index contributed by atoms with van der Waals surface area (Å²) in [6, 6.07) is 12.0. The molecule has 0 N–H and O–H groups in total. The number of nitro benzene ring substituents is 1. The number of thioether (sulfide) groups is 1. The van der Waals surface area contributed by atoms with E-state index in [1.807, 2.05) is 39.0 Å². The molecule has 132 valence electrons. The number of aryl methyl sites for hydroxylation is 2. The summed E-state index contributed by atoms with van der Waals surface area (Å²) >= 11 is 6.73. The number of rotatable bonds is 3. The first-order chi connectivity index (χ1) is 12.3. The fourth-order valence-electron chi connectivity index (χ4n) is 2.91. The summed E-state index contributed by atoms with van der Waals surface area (Å²) in [5.74, 6) is -0.159. The van der Waals surface area contributed by atoms with E-state index in [9.17, 15) is 14.9 Å². The van der Waals surface area contributed by atoms with Crippen LogP contribution in [0, 0.1) is 24.0 Å². The van der Waals surface area contributed by atoms with Crippen LogP contribution >= 0.6 is 24.0 Å². The van der Waals surface area contributed by atoms with Gasteiger partial charge >= 0.3 is 0 Å². The van der Waals surface area contributed by atoms with E-state index in [4.69, 9.17) is 12.2 Å². The van der Waals surface area contributed by atoms with E-state index in [2.05, 4.69) is 0 Å². The number of nitrogens with zero attached hydrogens (tertiary/aromatic N) is 2. The van der Waals surface area contributed by atoms with Crippen molar-refractivity contribution < 1.29 is 9.72 Å². The van der Waals surface area contributed by atoms with Crippen LogP contribution in [0.15, 0.2) is 47.4 Å². The van der Waals surface area contributed by atoms with Crippen LogP contribution in [0.1, 0.15) is 23.6 Å². The molecule has 1 amide bonds. The molecular formula is C19H16N2O3S2. The topological polar surface area (TPSA) is 63.5 Å². The molecule has 0 bridgehead atoms. The molecule has 0 radical (unpaired) electrons. The van der Waals surface area contributed by atoms with Crippen LogP contribution in [-0.2, 0) is 4.79 Å². The molecule has 5 nitrogen and oxygen atoms in total. The van der Waals surface area contributed by atoms with E-state index >= 15 is 0 Å². The lowest BCUT2D eigenvalue weighted by Gasteiger charge is -2.19. The van der Waals surface area contributed by atoms with Crippen molar-refractivity contribution in [1.29, 1.82) is 0 Å². The third-order valence-corrected chi connectivity index (χ3v) is 5.76. The zero-order valence-corrected chi connectivity index (χ0v) is 16.1. The number of hydrogen-bond acceptors (Lipinski definition) is 5. The maximum atomic E-state index is 13.1. The summed E-state index contributed by atoms with van der Waals surface area (Å²) < 4.78 is 0.490. The highest BCUT2D eigenvalue weighted by molar-refractivity contribution is 8.27. The maximum Gasteiger partial charge on any atom is 0.271 e. The SMILES string of the molecule is C/C(=C1/SC(=S)N(c2c(C)cccc2C)C1=O)c1ccc([N+](=O)[O-])cc1. The number of hydrogen-bond donors (Lipinski definition) is 0. The van der Waals surface area contributed by atoms with Crippen LogP contribution in [0.4, 0.5) is 11.4 Å². The van der Waals surface area contributed by atoms with E-state index in [1.54, 1.807) is 17.0 Å². The van der Waals surface area contributed by atoms with Gasteiger partial charge in [0.15, 0.2) is 4.32 Å². The second kappa shape index (κ2) is 7.01. The number of non-ortho nitro benzene ring substituents is 1. The Morgan fingerprint density at radius 1 is 1.12 bits per heavy atom. The number of thiocarbonyl (C=S) groups is 1. The fraction of sp³-hybridized carbons (Fsp3) is 0.158. The van der Waals surface area contributed by atoms with E-state index in [0.717, 1.165) is 28.0 Å². The quantitative estimate of drug-likeness (QED) is 0.322. The fourth-order valence-corrected chi connectivity index (χ4v) is 4.23. The molecule has 0 aromatic heterocycles. The third-order valence-electron chi connectivity index (χ3n) is 4.28. The molecule has 1 aliphatic rings. The Kier molecular flexibility index (Phi) is 4.93. The van der Waals surface area contributed by atoms with Gasteiger partial charge in [-0.2, -0.15) is 0 Å². The van der Waals surface area contributed by atoms with Crippen LogP contribution in [0.2, 0.25) is 0 Å². The molecular weight excluding hydrogens is 368 g/mol. The molecule has 0 atom stereocenters. The van der Waals surface area contributed by atoms with Gasteiger partial charge in [0.25, 0.3) is 11.6 Å². The molecule has 3 rings (SSSR count). The average molecular weight is 384 g/mol. The molecule has 1 fully saturated rings. The summed E-state index contributed by atoms with van der Waals surface area (Å²) in [7, 11) is 0. The first kappa shape index (κ1) is 18.3. The van der Waals surface area contributed by atoms with Crippen molar-refractivity contribution in [3.63, 3.8) is 0 Å². The molecule has 0 spiro atoms. The Bertz CT molecular complexity index is 945. The summed E-state index contributed by atoms with van der Waals surface area (Å²) in [4.78, 5) is 25.6. The van der Waals surface area contributed by atoms with Crippen LogP contribution in [-0.4, -0.2) is 15.2 Å². The van der Waals surface area contributed by atoms with Crippen molar-refractivity contribution in [2.45, 2.75) is 20.8 Å². The van der Waals surface area contributed by atoms with E-state index in [1.165, 1.54) is 23.9 Å². The van der Waals surface area contributed by atoms with Gasteiger partial charge in [0.1, 0.15) is 0 Å². The number of benzene rings is 2. The molecule has 0 aliphatic carbocycles. The summed E-state index contributed by atoms with van der Waals surface area (Å²) in [5.41, 5.74) is 4.32. The molecule has 0 unspecified atom stereocenters. The van der Waals surface area contributed by atoms with Crippen molar-refractivity contribution in [2.24, 2.45) is 0 Å². The van der Waals surface area contributed by atoms with Crippen LogP contribution < -0.4 is 4.90 Å². The predicted octanol–water partition coefficient (Wildman–Crippen LogP) is 5.01. The van der Waals surface area contributed by atoms with Crippen molar-refractivity contribution in [2.75, 3.05) is 4.90 Å². The lowest BCUT2D eigenvalue weighted by Crippen LogP contribution is -2.29. The smallest absolute Gasteiger partial charge is 0.268 e. The Morgan fingerprint density at radius 2 is 1.69 bits per heavy atom. The minimum atomic E-state index is -0.445. The van der Waals surface area contributed by atoms with E-state index in [-0.39, 0.29) is 11.6 Å². The summed E-state index contributed by atoms with van der Waals surface area (Å²) in [6.45, 7) is 5.74. The number of nitro groups is 1. The maximum absolute atomic E-state index is 13.1. The number of carbonyl (C=O) groups excluding carboxylic acids is 1. The highest BCUT2D eigenvalue weighted by Gasteiger charge is 2.36. The third kappa shape index (κ3) is 3.15. The first-order valence-corrected chi connectivity index (χ1v) is 9.12. The average Bonchev–Trinajstić information content (AvgIpc) is 2.89. The number of amides is 1. The monoisotopic (exact) mass is 384 g/mol. The number of allylic oxidation sites excluding steroid dienone is 1. The Morgan fingerprint density at radius 3 is 2.23 bits per heavy atom. The molecule has 1 saturated heterocycles. The van der Waals surface area contributed by atoms with Gasteiger partial charge in [-0.3, -0.25) is 19.8 Å². The Labute approximate surface area is 160 Å². The largest absolute Gasteiger partial charge is 0.271 e. The molecule has 26 heavy (non-hydrogen) atoms. The van der Waals surface area contributed by atoms with Crippen molar-refractivity contribution in [3.05, 3.63) is 74.2 Å². The zero-order chi connectivity index (χ0) is 19.0. The lowest BCUT2D eigenvalue weighted by atomic mass is 10.1. The number of anilines is 1. The van der Waals surface area contributed by atoms with Crippen LogP contribution in [0.25, 0.3) is 5.57 Å². The minimum Gasteiger partial charge on any atom is -0.268 e. The van der Waals surface area contributed by atoms with Crippen molar-refractivity contribution in [3.8, 4) is 0 Å². The zero-order valence-electron chi connectivity index (χ0n) is 14.5. The second-order valence-electron chi connectivity index (χ2n) is 6.01. The molecule has 0 saturated carbocycles. The van der Waals surface area contributed by atoms with Crippen molar-refractivity contribution >= 4 is 51.2 Å². The normalized spacial score (nSPS) is 16.2. The van der Waals surface area contributed by atoms with Gasteiger partial charge < -0.3 is 0 Å². The van der Waals surface area contributed by atoms with Gasteiger partial charge in [0, 0.05) is 12.1 Å². The molecule has 1 heterocycles. The second-order valence-corrected chi connectivity index (χ2v) is 7.65. The Hall–Kier alpha value is -2.51. The van der Waals surface area contributed by atoms with Gasteiger partial charge in [0.2, 0.25) is 0 Å². The van der Waals surface area contributed by atoms with Gasteiger partial charge in [-0.1, -0.05) is 42.2 Å². The highest BCUT2D eigenvalue weighted by atomic mass is 32.2. The standard InChI is InChI=1S/C19H16N2O3S2/c1-11-5-4-6-12(2)16(11)20-18(22)17(26-19(20)25)13(3)14-7-9-15(10-8-14)21(23)24/h4-10H,1-3H3/b17-13-. The Balaban J connectivity index is 2.02. The van der Waals surface area contributed by atoms with Gasteiger partial charge in [-0.25, -0.2) is 0 Å². The van der Waals surface area contributed by atoms with Crippen molar-refractivity contribution in [1.82, 2.24) is 0 Å². The first-order valence-electron chi connectivity index (χ1n) is 7.89. The summed E-state index contributed by atoms with van der Waals surface area (Å²) in [6.07, 6.45) is 0. The molecule has 2 aromatic carbocycles. The van der Waals surface area contributed by atoms with E-state index in [0.29, 0.717) is 9.23 Å². The predicted molar refractivity (Wildman–Crippen MR) is 109 cm³/mol. The van der Waals surface area contributed by atoms with E-state index < -0.39 is 4.92 Å². The molecule has 7 heteroatoms.